The van der Waals surface area contributed by atoms with E-state index in [0.717, 1.165) is 30.6 Å². The second kappa shape index (κ2) is 7.30. The fourth-order valence-electron chi connectivity index (χ4n) is 3.41. The lowest BCUT2D eigenvalue weighted by molar-refractivity contribution is 0.0966. The van der Waals surface area contributed by atoms with Crippen molar-refractivity contribution < 1.29 is 9.18 Å². The van der Waals surface area contributed by atoms with Crippen molar-refractivity contribution >= 4 is 17.2 Å². The molecule has 4 rings (SSSR count). The molecule has 8 heteroatoms. The van der Waals surface area contributed by atoms with Crippen LogP contribution in [0.15, 0.2) is 41.5 Å². The van der Waals surface area contributed by atoms with Gasteiger partial charge in [-0.15, -0.1) is 5.10 Å². The number of hydrogen-bond donors (Lipinski definition) is 0. The molecule has 7 nitrogen and oxygen atoms in total. The van der Waals surface area contributed by atoms with Gasteiger partial charge in [0.25, 0.3) is 0 Å². The Kier molecular flexibility index (Phi) is 4.70. The number of benzene rings is 1. The highest BCUT2D eigenvalue weighted by Gasteiger charge is 2.19. The van der Waals surface area contributed by atoms with Gasteiger partial charge in [0.15, 0.2) is 11.6 Å². The third kappa shape index (κ3) is 3.47. The zero-order valence-electron chi connectivity index (χ0n) is 14.8. The second-order valence-electron chi connectivity index (χ2n) is 6.72. The van der Waals surface area contributed by atoms with Crippen molar-refractivity contribution in [2.45, 2.75) is 32.2 Å². The molecule has 1 aliphatic heterocycles. The van der Waals surface area contributed by atoms with Crippen LogP contribution in [0, 0.1) is 5.82 Å². The van der Waals surface area contributed by atoms with E-state index in [2.05, 4.69) is 15.0 Å². The zero-order valence-corrected chi connectivity index (χ0v) is 14.8. The molecular formula is C19H20FN5O2. The van der Waals surface area contributed by atoms with E-state index < -0.39 is 5.82 Å². The molecule has 0 bridgehead atoms. The van der Waals surface area contributed by atoms with Gasteiger partial charge in [0, 0.05) is 31.0 Å². The summed E-state index contributed by atoms with van der Waals surface area (Å²) < 4.78 is 15.6. The highest BCUT2D eigenvalue weighted by Crippen LogP contribution is 2.20. The molecule has 0 N–H and O–H groups in total. The first-order valence-corrected chi connectivity index (χ1v) is 9.11. The number of halogens is 1. The number of Topliss-reactive ketones (excluding diaryl/α,β-unsaturated/α-hetero) is 1. The van der Waals surface area contributed by atoms with Gasteiger partial charge in [-0.05, 0) is 37.1 Å². The van der Waals surface area contributed by atoms with Gasteiger partial charge >= 0.3 is 5.69 Å². The van der Waals surface area contributed by atoms with Crippen molar-refractivity contribution in [2.75, 3.05) is 18.0 Å². The molecule has 3 heterocycles. The molecule has 0 atom stereocenters. The summed E-state index contributed by atoms with van der Waals surface area (Å²) >= 11 is 0. The van der Waals surface area contributed by atoms with Crippen LogP contribution in [-0.4, -0.2) is 38.0 Å². The molecule has 1 aromatic carbocycles. The molecule has 3 aromatic rings. The molecule has 27 heavy (non-hydrogen) atoms. The standard InChI is InChI=1S/C19H20FN5O2/c20-15-7-5-14(6-8-15)16(26)13-25-19(27)24-12-9-21-17(18(24)22-25)23-10-3-1-2-4-11-23/h5-9,12H,1-4,10-11,13H2. The van der Waals surface area contributed by atoms with Crippen LogP contribution in [-0.2, 0) is 6.54 Å². The van der Waals surface area contributed by atoms with Gasteiger partial charge in [-0.2, -0.15) is 0 Å². The van der Waals surface area contributed by atoms with E-state index in [1.807, 2.05) is 0 Å². The van der Waals surface area contributed by atoms with Gasteiger partial charge in [-0.25, -0.2) is 23.3 Å². The van der Waals surface area contributed by atoms with E-state index in [1.165, 1.54) is 41.5 Å². The van der Waals surface area contributed by atoms with Crippen molar-refractivity contribution in [3.8, 4) is 0 Å². The van der Waals surface area contributed by atoms with Gasteiger partial charge in [0.2, 0.25) is 5.65 Å². The highest BCUT2D eigenvalue weighted by molar-refractivity contribution is 5.95. The summed E-state index contributed by atoms with van der Waals surface area (Å²) in [4.78, 5) is 31.7. The minimum atomic E-state index is -0.412. The summed E-state index contributed by atoms with van der Waals surface area (Å²) in [7, 11) is 0. The minimum absolute atomic E-state index is 0.203. The predicted octanol–water partition coefficient (Wildman–Crippen LogP) is 2.29. The van der Waals surface area contributed by atoms with Crippen LogP contribution >= 0.6 is 0 Å². The number of hydrogen-bond acceptors (Lipinski definition) is 5. The molecule has 140 valence electrons. The maximum Gasteiger partial charge on any atom is 0.350 e. The van der Waals surface area contributed by atoms with E-state index in [-0.39, 0.29) is 18.0 Å². The van der Waals surface area contributed by atoms with E-state index in [0.29, 0.717) is 17.0 Å². The van der Waals surface area contributed by atoms with E-state index in [4.69, 9.17) is 0 Å². The molecule has 1 saturated heterocycles. The van der Waals surface area contributed by atoms with Crippen LogP contribution < -0.4 is 10.6 Å². The maximum absolute atomic E-state index is 13.0. The lowest BCUT2D eigenvalue weighted by atomic mass is 10.1. The predicted molar refractivity (Wildman–Crippen MR) is 98.7 cm³/mol. The Morgan fingerprint density at radius 2 is 1.78 bits per heavy atom. The number of rotatable bonds is 4. The molecule has 0 aliphatic carbocycles. The van der Waals surface area contributed by atoms with Crippen molar-refractivity contribution in [1.29, 1.82) is 0 Å². The average Bonchev–Trinajstić information content (AvgIpc) is 2.86. The van der Waals surface area contributed by atoms with Gasteiger partial charge in [0.1, 0.15) is 12.4 Å². The summed E-state index contributed by atoms with van der Waals surface area (Å²) in [6, 6.07) is 5.26. The number of nitrogens with zero attached hydrogens (tertiary/aromatic N) is 5. The van der Waals surface area contributed by atoms with Gasteiger partial charge < -0.3 is 4.90 Å². The first-order valence-electron chi connectivity index (χ1n) is 9.11. The van der Waals surface area contributed by atoms with Crippen molar-refractivity contribution in [2.24, 2.45) is 0 Å². The Morgan fingerprint density at radius 1 is 1.07 bits per heavy atom. The lowest BCUT2D eigenvalue weighted by Crippen LogP contribution is -2.26. The van der Waals surface area contributed by atoms with E-state index >= 15 is 0 Å². The van der Waals surface area contributed by atoms with Crippen LogP contribution in [0.1, 0.15) is 36.0 Å². The molecule has 0 amide bonds. The molecule has 0 spiro atoms. The second-order valence-corrected chi connectivity index (χ2v) is 6.72. The van der Waals surface area contributed by atoms with Crippen LogP contribution in [0.2, 0.25) is 0 Å². The third-order valence-electron chi connectivity index (χ3n) is 4.85. The van der Waals surface area contributed by atoms with Crippen LogP contribution in [0.5, 0.6) is 0 Å². The maximum atomic E-state index is 13.0. The molecular weight excluding hydrogens is 349 g/mol. The number of carbonyl (C=O) groups is 1. The van der Waals surface area contributed by atoms with Crippen molar-refractivity contribution in [3.05, 3.63) is 58.5 Å². The first kappa shape index (κ1) is 17.4. The topological polar surface area (TPSA) is 72.5 Å². The number of anilines is 1. The van der Waals surface area contributed by atoms with Crippen LogP contribution in [0.4, 0.5) is 10.2 Å². The van der Waals surface area contributed by atoms with Crippen molar-refractivity contribution in [1.82, 2.24) is 19.2 Å². The number of carbonyl (C=O) groups excluding carboxylic acids is 1. The molecule has 1 aliphatic rings. The number of ketones is 1. The Labute approximate surface area is 155 Å². The lowest BCUT2D eigenvalue weighted by Gasteiger charge is -2.20. The molecule has 2 aromatic heterocycles. The summed E-state index contributed by atoms with van der Waals surface area (Å²) in [5, 5.41) is 4.37. The van der Waals surface area contributed by atoms with E-state index in [1.54, 1.807) is 12.4 Å². The Morgan fingerprint density at radius 3 is 2.48 bits per heavy atom. The summed E-state index contributed by atoms with van der Waals surface area (Å²) in [5.41, 5.74) is 0.404. The van der Waals surface area contributed by atoms with Gasteiger partial charge in [-0.1, -0.05) is 12.8 Å². The quantitative estimate of drug-likeness (QED) is 0.660. The van der Waals surface area contributed by atoms with Gasteiger partial charge in [-0.3, -0.25) is 4.79 Å². The van der Waals surface area contributed by atoms with Crippen LogP contribution in [0.25, 0.3) is 5.65 Å². The fourth-order valence-corrected chi connectivity index (χ4v) is 3.41. The Hall–Kier alpha value is -3.03. The zero-order chi connectivity index (χ0) is 18.8. The van der Waals surface area contributed by atoms with E-state index in [9.17, 15) is 14.0 Å². The Bertz CT molecular complexity index is 1020. The monoisotopic (exact) mass is 369 g/mol. The van der Waals surface area contributed by atoms with Crippen molar-refractivity contribution in [3.63, 3.8) is 0 Å². The Balaban J connectivity index is 1.67. The average molecular weight is 369 g/mol. The molecule has 1 fully saturated rings. The molecule has 0 saturated carbocycles. The van der Waals surface area contributed by atoms with Gasteiger partial charge in [0.05, 0.1) is 0 Å². The summed E-state index contributed by atoms with van der Waals surface area (Å²) in [6.07, 6.45) is 7.68. The molecule has 0 radical (unpaired) electrons. The summed E-state index contributed by atoms with van der Waals surface area (Å²) in [5.74, 6) is -0.0427. The molecule has 0 unspecified atom stereocenters. The third-order valence-corrected chi connectivity index (χ3v) is 4.85. The first-order chi connectivity index (χ1) is 13.1. The normalized spacial score (nSPS) is 15.1. The number of aromatic nitrogens is 4. The fraction of sp³-hybridized carbons (Fsp3) is 0.368. The SMILES string of the molecule is O=C(Cn1nc2c(N3CCCCCC3)nccn2c1=O)c1ccc(F)cc1. The summed E-state index contributed by atoms with van der Waals surface area (Å²) in [6.45, 7) is 1.55. The van der Waals surface area contributed by atoms with Crippen LogP contribution in [0.3, 0.4) is 0 Å². The smallest absolute Gasteiger partial charge is 0.350 e. The number of fused-ring (bicyclic) bond motifs is 1. The minimum Gasteiger partial charge on any atom is -0.353 e. The highest BCUT2D eigenvalue weighted by atomic mass is 19.1. The largest absolute Gasteiger partial charge is 0.353 e.